The molecule has 132 valence electrons. The Balaban J connectivity index is 4.40. The van der Waals surface area contributed by atoms with Crippen LogP contribution in [0.1, 0.15) is 53.4 Å². The average Bonchev–Trinajstić information content (AvgIpc) is 2.40. The Bertz CT molecular complexity index is 474. The lowest BCUT2D eigenvalue weighted by Crippen LogP contribution is -2.19. The van der Waals surface area contributed by atoms with Crippen molar-refractivity contribution in [3.63, 3.8) is 0 Å². The van der Waals surface area contributed by atoms with Gasteiger partial charge >= 0.3 is 0 Å². The van der Waals surface area contributed by atoms with Gasteiger partial charge < -0.3 is 0 Å². The van der Waals surface area contributed by atoms with Gasteiger partial charge in [0.05, 0.1) is 23.7 Å². The van der Waals surface area contributed by atoms with Crippen LogP contribution in [0.3, 0.4) is 0 Å². The van der Waals surface area contributed by atoms with Crippen LogP contribution in [-0.2, 0) is 28.6 Å². The largest absolute Gasteiger partial charge is 0.267 e. The molecule has 0 saturated heterocycles. The van der Waals surface area contributed by atoms with E-state index in [1.807, 2.05) is 13.8 Å². The van der Waals surface area contributed by atoms with Crippen LogP contribution >= 0.6 is 0 Å². The molecule has 0 saturated carbocycles. The van der Waals surface area contributed by atoms with Crippen molar-refractivity contribution >= 4 is 20.2 Å². The van der Waals surface area contributed by atoms with Gasteiger partial charge in [0, 0.05) is 0 Å². The fraction of sp³-hybridized carbons (Fsp3) is 0.857. The van der Waals surface area contributed by atoms with Crippen molar-refractivity contribution in [2.24, 2.45) is 0 Å². The third-order valence-electron chi connectivity index (χ3n) is 2.75. The summed E-state index contributed by atoms with van der Waals surface area (Å²) in [6.45, 7) is 6.96. The molecule has 0 heterocycles. The normalized spacial score (nSPS) is 16.0. The Labute approximate surface area is 135 Å². The summed E-state index contributed by atoms with van der Waals surface area (Å²) in [6.07, 6.45) is 4.30. The molecule has 6 nitrogen and oxygen atoms in total. The zero-order chi connectivity index (χ0) is 17.2. The highest BCUT2D eigenvalue weighted by Crippen LogP contribution is 2.08. The maximum atomic E-state index is 11.6. The van der Waals surface area contributed by atoms with Crippen LogP contribution in [-0.4, -0.2) is 40.5 Å². The molecule has 0 aliphatic heterocycles. The number of hydrogen-bond acceptors (Lipinski definition) is 6. The molecule has 2 unspecified atom stereocenters. The summed E-state index contributed by atoms with van der Waals surface area (Å²) in [6, 6.07) is 0. The first-order valence-corrected chi connectivity index (χ1v) is 10.8. The molecule has 0 aromatic heterocycles. The molecule has 0 aliphatic rings. The quantitative estimate of drug-likeness (QED) is 0.395. The maximum absolute atomic E-state index is 11.6. The minimum atomic E-state index is -3.55. The lowest BCUT2D eigenvalue weighted by atomic mass is 10.3. The van der Waals surface area contributed by atoms with E-state index in [9.17, 15) is 16.8 Å². The van der Waals surface area contributed by atoms with Crippen molar-refractivity contribution in [1.82, 2.24) is 0 Å². The van der Waals surface area contributed by atoms with Gasteiger partial charge in [-0.25, -0.2) is 0 Å². The predicted molar refractivity (Wildman–Crippen MR) is 87.6 cm³/mol. The lowest BCUT2D eigenvalue weighted by Gasteiger charge is -2.11. The average molecular weight is 357 g/mol. The molecule has 0 aromatic carbocycles. The third-order valence-corrected chi connectivity index (χ3v) is 5.52. The topological polar surface area (TPSA) is 86.7 Å². The third kappa shape index (κ3) is 11.2. The van der Waals surface area contributed by atoms with Crippen molar-refractivity contribution < 1.29 is 25.2 Å². The van der Waals surface area contributed by atoms with Crippen LogP contribution in [0.2, 0.25) is 0 Å². The molecular formula is C14H28O6S2. The van der Waals surface area contributed by atoms with E-state index in [2.05, 4.69) is 0 Å². The Morgan fingerprint density at radius 2 is 1.09 bits per heavy atom. The Morgan fingerprint density at radius 1 is 0.773 bits per heavy atom. The van der Waals surface area contributed by atoms with Crippen molar-refractivity contribution in [3.05, 3.63) is 12.2 Å². The van der Waals surface area contributed by atoms with E-state index >= 15 is 0 Å². The van der Waals surface area contributed by atoms with E-state index in [0.29, 0.717) is 12.8 Å². The van der Waals surface area contributed by atoms with Crippen LogP contribution in [0.25, 0.3) is 0 Å². The van der Waals surface area contributed by atoms with Crippen molar-refractivity contribution in [2.75, 3.05) is 11.5 Å². The molecule has 0 aliphatic carbocycles. The lowest BCUT2D eigenvalue weighted by molar-refractivity contribution is 0.259. The minimum absolute atomic E-state index is 0.0148. The summed E-state index contributed by atoms with van der Waals surface area (Å²) >= 11 is 0. The van der Waals surface area contributed by atoms with Crippen LogP contribution in [0.15, 0.2) is 12.2 Å². The molecule has 0 radical (unpaired) electrons. The van der Waals surface area contributed by atoms with Gasteiger partial charge in [-0.15, -0.1) is 0 Å². The standard InChI is InChI=1S/C14H28O6S2/c1-5-7-11-21(15,16)19-13(3)9-10-14(4)20-22(17,18)12-8-6-2/h9-10,13-14H,5-8,11-12H2,1-4H3. The van der Waals surface area contributed by atoms with Gasteiger partial charge in [0.1, 0.15) is 0 Å². The molecule has 0 aromatic rings. The van der Waals surface area contributed by atoms with E-state index in [0.717, 1.165) is 12.8 Å². The zero-order valence-corrected chi connectivity index (χ0v) is 15.5. The van der Waals surface area contributed by atoms with E-state index in [-0.39, 0.29) is 11.5 Å². The van der Waals surface area contributed by atoms with Crippen LogP contribution in [0.4, 0.5) is 0 Å². The number of rotatable bonds is 12. The molecule has 0 bridgehead atoms. The van der Waals surface area contributed by atoms with E-state index in [1.165, 1.54) is 12.2 Å². The summed E-state index contributed by atoms with van der Waals surface area (Å²) in [7, 11) is -7.10. The molecule has 0 amide bonds. The Morgan fingerprint density at radius 3 is 1.36 bits per heavy atom. The first-order chi connectivity index (χ1) is 10.1. The van der Waals surface area contributed by atoms with Crippen molar-refractivity contribution in [1.29, 1.82) is 0 Å². The summed E-state index contributed by atoms with van der Waals surface area (Å²) < 4.78 is 56.4. The molecule has 0 N–H and O–H groups in total. The van der Waals surface area contributed by atoms with Gasteiger partial charge in [-0.05, 0) is 26.7 Å². The van der Waals surface area contributed by atoms with Crippen LogP contribution in [0, 0.1) is 0 Å². The van der Waals surface area contributed by atoms with Gasteiger partial charge in [0.2, 0.25) is 0 Å². The number of unbranched alkanes of at least 4 members (excludes halogenated alkanes) is 2. The highest BCUT2D eigenvalue weighted by molar-refractivity contribution is 7.86. The summed E-state index contributed by atoms with van der Waals surface area (Å²) in [5.41, 5.74) is 0. The summed E-state index contributed by atoms with van der Waals surface area (Å²) in [5, 5.41) is 0. The summed E-state index contributed by atoms with van der Waals surface area (Å²) in [4.78, 5) is 0. The Hall–Kier alpha value is -0.440. The maximum Gasteiger partial charge on any atom is 0.267 e. The fourth-order valence-electron chi connectivity index (χ4n) is 1.58. The zero-order valence-electron chi connectivity index (χ0n) is 13.8. The van der Waals surface area contributed by atoms with E-state index in [1.54, 1.807) is 13.8 Å². The second kappa shape index (κ2) is 10.4. The Kier molecular flexibility index (Phi) is 10.1. The fourth-order valence-corrected chi connectivity index (χ4v) is 4.11. The molecule has 22 heavy (non-hydrogen) atoms. The number of hydrogen-bond donors (Lipinski definition) is 0. The van der Waals surface area contributed by atoms with Crippen LogP contribution in [0.5, 0.6) is 0 Å². The highest BCUT2D eigenvalue weighted by atomic mass is 32.2. The molecule has 0 fully saturated rings. The minimum Gasteiger partial charge on any atom is -0.263 e. The van der Waals surface area contributed by atoms with Crippen molar-refractivity contribution in [2.45, 2.75) is 65.6 Å². The second-order valence-corrected chi connectivity index (χ2v) is 8.65. The van der Waals surface area contributed by atoms with E-state index in [4.69, 9.17) is 8.37 Å². The predicted octanol–water partition coefficient (Wildman–Crippen LogP) is 2.61. The molecule has 0 rings (SSSR count). The second-order valence-electron chi connectivity index (χ2n) is 5.22. The van der Waals surface area contributed by atoms with E-state index < -0.39 is 32.4 Å². The van der Waals surface area contributed by atoms with Crippen LogP contribution < -0.4 is 0 Å². The van der Waals surface area contributed by atoms with Crippen molar-refractivity contribution in [3.8, 4) is 0 Å². The smallest absolute Gasteiger partial charge is 0.263 e. The first-order valence-electron chi connectivity index (χ1n) is 7.62. The molecule has 0 spiro atoms. The van der Waals surface area contributed by atoms with Gasteiger partial charge in [-0.3, -0.25) is 8.37 Å². The first kappa shape index (κ1) is 21.6. The molecule has 2 atom stereocenters. The van der Waals surface area contributed by atoms with Gasteiger partial charge in [0.15, 0.2) is 0 Å². The summed E-state index contributed by atoms with van der Waals surface area (Å²) in [5.74, 6) is -0.0295. The van der Waals surface area contributed by atoms with Gasteiger partial charge in [-0.2, -0.15) is 16.8 Å². The monoisotopic (exact) mass is 356 g/mol. The van der Waals surface area contributed by atoms with Gasteiger partial charge in [-0.1, -0.05) is 38.8 Å². The molecule has 8 heteroatoms. The SMILES string of the molecule is CCCCS(=O)(=O)OC(C)C=CC(C)OS(=O)(=O)CCCC. The highest BCUT2D eigenvalue weighted by Gasteiger charge is 2.16. The van der Waals surface area contributed by atoms with Gasteiger partial charge in [0.25, 0.3) is 20.2 Å². The molecular weight excluding hydrogens is 328 g/mol.